The highest BCUT2D eigenvalue weighted by atomic mass is 16.5. The maximum absolute atomic E-state index is 11.4. The smallest absolute Gasteiger partial charge is 0.302 e. The van der Waals surface area contributed by atoms with Gasteiger partial charge in [0.25, 0.3) is 0 Å². The molecule has 22 heavy (non-hydrogen) atoms. The molecule has 0 amide bonds. The Morgan fingerprint density at radius 1 is 1.32 bits per heavy atom. The van der Waals surface area contributed by atoms with Crippen LogP contribution in [0.25, 0.3) is 0 Å². The SMILES string of the molecule is C=C1C(O)CC2C(O)C3(C)CC(OC(C)=O)C(C)(C)C3C12O. The molecule has 0 spiro atoms. The minimum absolute atomic E-state index is 0.318. The van der Waals surface area contributed by atoms with Crippen molar-refractivity contribution in [2.45, 2.75) is 64.4 Å². The van der Waals surface area contributed by atoms with Crippen LogP contribution in [-0.4, -0.2) is 45.2 Å². The molecule has 3 aliphatic rings. The fourth-order valence-electron chi connectivity index (χ4n) is 5.87. The van der Waals surface area contributed by atoms with E-state index >= 15 is 0 Å². The summed E-state index contributed by atoms with van der Waals surface area (Å²) in [6, 6.07) is 0. The fourth-order valence-corrected chi connectivity index (χ4v) is 5.87. The van der Waals surface area contributed by atoms with Gasteiger partial charge in [-0.25, -0.2) is 0 Å². The summed E-state index contributed by atoms with van der Waals surface area (Å²) in [5.74, 6) is -1.09. The number of rotatable bonds is 1. The number of carbonyl (C=O) groups excluding carboxylic acids is 1. The molecule has 3 N–H and O–H groups in total. The third kappa shape index (κ3) is 1.62. The van der Waals surface area contributed by atoms with Crippen LogP contribution in [-0.2, 0) is 9.53 Å². The van der Waals surface area contributed by atoms with E-state index in [1.54, 1.807) is 0 Å². The number of aliphatic hydroxyl groups excluding tert-OH is 2. The molecular formula is C17H26O5. The molecule has 3 saturated carbocycles. The highest BCUT2D eigenvalue weighted by molar-refractivity contribution is 5.66. The van der Waals surface area contributed by atoms with Crippen molar-refractivity contribution in [3.05, 3.63) is 12.2 Å². The molecule has 124 valence electrons. The van der Waals surface area contributed by atoms with Crippen molar-refractivity contribution >= 4 is 5.97 Å². The predicted molar refractivity (Wildman–Crippen MR) is 79.8 cm³/mol. The Kier molecular flexibility index (Phi) is 3.15. The van der Waals surface area contributed by atoms with Gasteiger partial charge in [0.1, 0.15) is 6.10 Å². The first-order valence-electron chi connectivity index (χ1n) is 7.92. The summed E-state index contributed by atoms with van der Waals surface area (Å²) in [6.45, 7) is 11.1. The van der Waals surface area contributed by atoms with E-state index in [1.807, 2.05) is 20.8 Å². The molecule has 3 aliphatic carbocycles. The number of ether oxygens (including phenoxy) is 1. The van der Waals surface area contributed by atoms with Crippen LogP contribution < -0.4 is 0 Å². The van der Waals surface area contributed by atoms with Gasteiger partial charge in [-0.2, -0.15) is 0 Å². The Morgan fingerprint density at radius 3 is 2.45 bits per heavy atom. The van der Waals surface area contributed by atoms with E-state index in [0.717, 1.165) is 0 Å². The Hall–Kier alpha value is -0.910. The normalized spacial score (nSPS) is 52.5. The highest BCUT2D eigenvalue weighted by Crippen LogP contribution is 2.71. The van der Waals surface area contributed by atoms with Gasteiger partial charge in [0, 0.05) is 29.6 Å². The lowest BCUT2D eigenvalue weighted by molar-refractivity contribution is -0.154. The van der Waals surface area contributed by atoms with Gasteiger partial charge in [0.2, 0.25) is 0 Å². The van der Waals surface area contributed by atoms with Crippen molar-refractivity contribution in [3.63, 3.8) is 0 Å². The Morgan fingerprint density at radius 2 is 1.91 bits per heavy atom. The molecular weight excluding hydrogens is 284 g/mol. The molecule has 7 unspecified atom stereocenters. The lowest BCUT2D eigenvalue weighted by Gasteiger charge is -2.42. The summed E-state index contributed by atoms with van der Waals surface area (Å²) in [5.41, 5.74) is -2.00. The second-order valence-electron chi connectivity index (χ2n) is 8.22. The van der Waals surface area contributed by atoms with Crippen LogP contribution in [0, 0.1) is 22.7 Å². The average Bonchev–Trinajstić information content (AvgIpc) is 2.79. The van der Waals surface area contributed by atoms with E-state index < -0.39 is 34.6 Å². The lowest BCUT2D eigenvalue weighted by Crippen LogP contribution is -2.48. The average molecular weight is 310 g/mol. The summed E-state index contributed by atoms with van der Waals surface area (Å²) in [4.78, 5) is 11.4. The van der Waals surface area contributed by atoms with Crippen molar-refractivity contribution in [2.24, 2.45) is 22.7 Å². The van der Waals surface area contributed by atoms with Gasteiger partial charge >= 0.3 is 5.97 Å². The Bertz CT molecular complexity index is 541. The molecule has 3 fully saturated rings. The van der Waals surface area contributed by atoms with Gasteiger partial charge in [-0.1, -0.05) is 27.4 Å². The summed E-state index contributed by atoms with van der Waals surface area (Å²) >= 11 is 0. The van der Waals surface area contributed by atoms with Crippen LogP contribution in [0.3, 0.4) is 0 Å². The van der Waals surface area contributed by atoms with Crippen LogP contribution in [0.1, 0.15) is 40.5 Å². The quantitative estimate of drug-likeness (QED) is 0.497. The van der Waals surface area contributed by atoms with Gasteiger partial charge in [-0.3, -0.25) is 4.79 Å². The molecule has 7 atom stereocenters. The van der Waals surface area contributed by atoms with E-state index in [0.29, 0.717) is 18.4 Å². The maximum Gasteiger partial charge on any atom is 0.302 e. The van der Waals surface area contributed by atoms with Crippen LogP contribution in [0.15, 0.2) is 12.2 Å². The van der Waals surface area contributed by atoms with Gasteiger partial charge in [-0.05, 0) is 18.4 Å². The number of carbonyl (C=O) groups is 1. The Labute approximate surface area is 131 Å². The summed E-state index contributed by atoms with van der Waals surface area (Å²) < 4.78 is 5.48. The van der Waals surface area contributed by atoms with E-state index in [1.165, 1.54) is 6.92 Å². The topological polar surface area (TPSA) is 87.0 Å². The number of esters is 1. The zero-order chi connectivity index (χ0) is 16.7. The van der Waals surface area contributed by atoms with E-state index in [9.17, 15) is 20.1 Å². The van der Waals surface area contributed by atoms with E-state index in [-0.39, 0.29) is 18.0 Å². The molecule has 0 heterocycles. The Balaban J connectivity index is 2.09. The summed E-state index contributed by atoms with van der Waals surface area (Å²) in [5, 5.41) is 32.4. The monoisotopic (exact) mass is 310 g/mol. The van der Waals surface area contributed by atoms with Crippen LogP contribution in [0.5, 0.6) is 0 Å². The number of fused-ring (bicyclic) bond motifs is 3. The van der Waals surface area contributed by atoms with Crippen LogP contribution >= 0.6 is 0 Å². The third-order valence-electron chi connectivity index (χ3n) is 6.62. The highest BCUT2D eigenvalue weighted by Gasteiger charge is 2.77. The number of hydrogen-bond acceptors (Lipinski definition) is 5. The maximum atomic E-state index is 11.4. The van der Waals surface area contributed by atoms with Crippen molar-refractivity contribution in [3.8, 4) is 0 Å². The van der Waals surface area contributed by atoms with Gasteiger partial charge in [0.05, 0.1) is 17.8 Å². The number of hydrogen-bond donors (Lipinski definition) is 3. The van der Waals surface area contributed by atoms with E-state index in [2.05, 4.69) is 6.58 Å². The summed E-state index contributed by atoms with van der Waals surface area (Å²) in [7, 11) is 0. The van der Waals surface area contributed by atoms with Gasteiger partial charge < -0.3 is 20.1 Å². The zero-order valence-corrected chi connectivity index (χ0v) is 13.7. The van der Waals surface area contributed by atoms with Gasteiger partial charge in [0.15, 0.2) is 0 Å². The first-order valence-corrected chi connectivity index (χ1v) is 7.92. The van der Waals surface area contributed by atoms with Crippen LogP contribution in [0.4, 0.5) is 0 Å². The minimum atomic E-state index is -1.31. The molecule has 0 aliphatic heterocycles. The standard InChI is InChI=1S/C17H26O5/c1-8-11(19)6-10-13(20)16(5)7-12(22-9(2)18)15(3,4)14(16)17(8,10)21/h10-14,19-21H,1,6-7H2,2-5H3. The molecule has 0 aromatic rings. The van der Waals surface area contributed by atoms with E-state index in [4.69, 9.17) is 4.74 Å². The molecule has 3 rings (SSSR count). The zero-order valence-electron chi connectivity index (χ0n) is 13.7. The fraction of sp³-hybridized carbons (Fsp3) is 0.824. The second-order valence-corrected chi connectivity index (χ2v) is 8.22. The van der Waals surface area contributed by atoms with Crippen molar-refractivity contribution in [1.29, 1.82) is 0 Å². The predicted octanol–water partition coefficient (Wildman–Crippen LogP) is 1.01. The lowest BCUT2D eigenvalue weighted by atomic mass is 9.65. The molecule has 0 saturated heterocycles. The second kappa shape index (κ2) is 4.34. The van der Waals surface area contributed by atoms with Gasteiger partial charge in [-0.15, -0.1) is 0 Å². The molecule has 0 aromatic heterocycles. The van der Waals surface area contributed by atoms with Crippen molar-refractivity contribution in [1.82, 2.24) is 0 Å². The number of aliphatic hydroxyl groups is 3. The molecule has 5 nitrogen and oxygen atoms in total. The molecule has 0 radical (unpaired) electrons. The molecule has 0 bridgehead atoms. The first-order chi connectivity index (χ1) is 9.97. The summed E-state index contributed by atoms with van der Waals surface area (Å²) in [6.07, 6.45) is -1.08. The minimum Gasteiger partial charge on any atom is -0.462 e. The first kappa shape index (κ1) is 16.0. The van der Waals surface area contributed by atoms with Crippen LogP contribution in [0.2, 0.25) is 0 Å². The third-order valence-corrected chi connectivity index (χ3v) is 6.62. The molecule has 5 heteroatoms. The van der Waals surface area contributed by atoms with Crippen molar-refractivity contribution < 1.29 is 24.9 Å². The largest absolute Gasteiger partial charge is 0.462 e. The molecule has 0 aromatic carbocycles. The van der Waals surface area contributed by atoms with Crippen molar-refractivity contribution in [2.75, 3.05) is 0 Å².